The van der Waals surface area contributed by atoms with Crippen LogP contribution in [0.5, 0.6) is 11.5 Å². The van der Waals surface area contributed by atoms with E-state index in [9.17, 15) is 9.90 Å². The van der Waals surface area contributed by atoms with Gasteiger partial charge in [0.1, 0.15) is 11.3 Å². The lowest BCUT2D eigenvalue weighted by atomic mass is 9.75. The number of piperidine rings is 3. The first-order valence-corrected chi connectivity index (χ1v) is 12.1. The molecule has 1 amide bonds. The standard InChI is InChI=1S/C24H31N5O4/c30-23(25-11-16-3-4-20-21(9-16)33-15-32-20)19-13-28-8-5-17(19)10-18(28)12-29-14-22(26-27-29)24(31)6-1-2-7-24/h3-4,9,14,17-19,31H,1-2,5-8,10-13,15H2,(H,25,30)/t17-,18+,19-/m0/s1. The Kier molecular flexibility index (Phi) is 5.25. The second-order valence-electron chi connectivity index (χ2n) is 10.0. The van der Waals surface area contributed by atoms with E-state index in [0.717, 1.165) is 75.2 Å². The molecule has 1 unspecified atom stereocenters. The highest BCUT2D eigenvalue weighted by Gasteiger charge is 2.43. The third kappa shape index (κ3) is 3.97. The Hall–Kier alpha value is -2.65. The zero-order valence-electron chi connectivity index (χ0n) is 18.8. The Balaban J connectivity index is 1.05. The van der Waals surface area contributed by atoms with Crippen LogP contribution in [0.2, 0.25) is 0 Å². The van der Waals surface area contributed by atoms with Gasteiger partial charge >= 0.3 is 0 Å². The zero-order chi connectivity index (χ0) is 22.4. The quantitative estimate of drug-likeness (QED) is 0.688. The highest BCUT2D eigenvalue weighted by Crippen LogP contribution is 2.39. The van der Waals surface area contributed by atoms with Crippen LogP contribution >= 0.6 is 0 Å². The number of hydrogen-bond acceptors (Lipinski definition) is 7. The van der Waals surface area contributed by atoms with E-state index < -0.39 is 5.60 Å². The molecule has 9 nitrogen and oxygen atoms in total. The molecule has 33 heavy (non-hydrogen) atoms. The lowest BCUT2D eigenvalue weighted by molar-refractivity contribution is -0.133. The number of carbonyl (C=O) groups is 1. The largest absolute Gasteiger partial charge is 0.454 e. The van der Waals surface area contributed by atoms with Gasteiger partial charge < -0.3 is 19.9 Å². The van der Waals surface area contributed by atoms with Crippen molar-refractivity contribution in [3.63, 3.8) is 0 Å². The molecule has 5 heterocycles. The van der Waals surface area contributed by atoms with Crippen LogP contribution in [0, 0.1) is 11.8 Å². The van der Waals surface area contributed by atoms with Crippen molar-refractivity contribution in [1.29, 1.82) is 0 Å². The summed E-state index contributed by atoms with van der Waals surface area (Å²) in [6.45, 7) is 3.31. The minimum absolute atomic E-state index is 0.0227. The molecule has 4 fully saturated rings. The number of fused-ring (bicyclic) bond motifs is 4. The van der Waals surface area contributed by atoms with Crippen LogP contribution in [0.1, 0.15) is 49.8 Å². The van der Waals surface area contributed by atoms with Crippen molar-refractivity contribution in [1.82, 2.24) is 25.2 Å². The molecular formula is C24H31N5O4. The second-order valence-corrected chi connectivity index (χ2v) is 10.0. The van der Waals surface area contributed by atoms with E-state index in [1.54, 1.807) is 0 Å². The predicted molar refractivity (Wildman–Crippen MR) is 118 cm³/mol. The molecule has 2 aromatic rings. The smallest absolute Gasteiger partial charge is 0.231 e. The Morgan fingerprint density at radius 2 is 2.09 bits per heavy atom. The van der Waals surface area contributed by atoms with Gasteiger partial charge in [-0.2, -0.15) is 0 Å². The topological polar surface area (TPSA) is 102 Å². The predicted octanol–water partition coefficient (Wildman–Crippen LogP) is 1.80. The number of rotatable bonds is 6. The molecule has 4 aliphatic heterocycles. The highest BCUT2D eigenvalue weighted by molar-refractivity contribution is 5.79. The van der Waals surface area contributed by atoms with Gasteiger partial charge in [-0.05, 0) is 55.8 Å². The van der Waals surface area contributed by atoms with Gasteiger partial charge in [0.05, 0.1) is 18.7 Å². The third-order valence-corrected chi connectivity index (χ3v) is 7.96. The summed E-state index contributed by atoms with van der Waals surface area (Å²) in [4.78, 5) is 15.4. The van der Waals surface area contributed by atoms with Gasteiger partial charge in [0, 0.05) is 19.1 Å². The molecule has 176 valence electrons. The van der Waals surface area contributed by atoms with Crippen LogP contribution in [0.25, 0.3) is 0 Å². The fourth-order valence-corrected chi connectivity index (χ4v) is 6.03. The van der Waals surface area contributed by atoms with Crippen LogP contribution < -0.4 is 14.8 Å². The molecule has 1 saturated carbocycles. The second kappa shape index (κ2) is 8.29. The van der Waals surface area contributed by atoms with Crippen molar-refractivity contribution in [3.05, 3.63) is 35.7 Å². The molecule has 3 saturated heterocycles. The lowest BCUT2D eigenvalue weighted by Crippen LogP contribution is -2.58. The van der Waals surface area contributed by atoms with E-state index in [-0.39, 0.29) is 18.6 Å². The van der Waals surface area contributed by atoms with Crippen LogP contribution in [-0.2, 0) is 23.5 Å². The summed E-state index contributed by atoms with van der Waals surface area (Å²) in [5, 5.41) is 22.5. The molecule has 0 radical (unpaired) electrons. The normalized spacial score (nSPS) is 29.4. The van der Waals surface area contributed by atoms with Crippen molar-refractivity contribution in [2.45, 2.75) is 63.3 Å². The molecule has 2 bridgehead atoms. The summed E-state index contributed by atoms with van der Waals surface area (Å²) < 4.78 is 12.7. The molecule has 2 N–H and O–H groups in total. The number of hydrogen-bond donors (Lipinski definition) is 2. The number of nitrogens with zero attached hydrogens (tertiary/aromatic N) is 4. The zero-order valence-corrected chi connectivity index (χ0v) is 18.8. The average molecular weight is 454 g/mol. The van der Waals surface area contributed by atoms with Crippen molar-refractivity contribution in [2.75, 3.05) is 19.9 Å². The monoisotopic (exact) mass is 453 g/mol. The number of aromatic nitrogens is 3. The number of aliphatic hydroxyl groups is 1. The van der Waals surface area contributed by atoms with Crippen LogP contribution in [0.3, 0.4) is 0 Å². The third-order valence-electron chi connectivity index (χ3n) is 7.96. The van der Waals surface area contributed by atoms with Crippen molar-refractivity contribution >= 4 is 5.91 Å². The van der Waals surface area contributed by atoms with Gasteiger partial charge in [-0.3, -0.25) is 14.4 Å². The van der Waals surface area contributed by atoms with Gasteiger partial charge in [0.15, 0.2) is 11.5 Å². The Labute approximate surface area is 193 Å². The summed E-state index contributed by atoms with van der Waals surface area (Å²) in [5.74, 6) is 2.04. The lowest BCUT2D eigenvalue weighted by Gasteiger charge is -2.49. The van der Waals surface area contributed by atoms with Crippen LogP contribution in [-0.4, -0.2) is 56.8 Å². The maximum atomic E-state index is 13.0. The molecule has 1 aromatic carbocycles. The molecule has 1 aliphatic carbocycles. The Morgan fingerprint density at radius 3 is 2.91 bits per heavy atom. The fraction of sp³-hybridized carbons (Fsp3) is 0.625. The molecule has 7 rings (SSSR count). The summed E-state index contributed by atoms with van der Waals surface area (Å²) in [5.41, 5.74) is 0.917. The summed E-state index contributed by atoms with van der Waals surface area (Å²) >= 11 is 0. The molecule has 9 heteroatoms. The minimum atomic E-state index is -0.800. The van der Waals surface area contributed by atoms with E-state index in [0.29, 0.717) is 24.2 Å². The number of carbonyl (C=O) groups excluding carboxylic acids is 1. The minimum Gasteiger partial charge on any atom is -0.454 e. The Bertz CT molecular complexity index is 1030. The van der Waals surface area contributed by atoms with Gasteiger partial charge in [0.25, 0.3) is 0 Å². The van der Waals surface area contributed by atoms with Gasteiger partial charge in [-0.1, -0.05) is 24.1 Å². The first kappa shape index (κ1) is 20.9. The van der Waals surface area contributed by atoms with Crippen molar-refractivity contribution < 1.29 is 19.4 Å². The first-order chi connectivity index (χ1) is 16.1. The van der Waals surface area contributed by atoms with Crippen LogP contribution in [0.15, 0.2) is 24.4 Å². The van der Waals surface area contributed by atoms with Gasteiger partial charge in [-0.15, -0.1) is 5.10 Å². The number of ether oxygens (including phenoxy) is 2. The van der Waals surface area contributed by atoms with Crippen molar-refractivity contribution in [2.24, 2.45) is 11.8 Å². The molecule has 0 spiro atoms. The van der Waals surface area contributed by atoms with Crippen molar-refractivity contribution in [3.8, 4) is 11.5 Å². The summed E-state index contributed by atoms with van der Waals surface area (Å²) in [6, 6.07) is 6.15. The molecule has 4 atom stereocenters. The molecule has 5 aliphatic rings. The van der Waals surface area contributed by atoms with E-state index in [1.807, 2.05) is 29.1 Å². The summed E-state index contributed by atoms with van der Waals surface area (Å²) in [6.07, 6.45) is 7.59. The Morgan fingerprint density at radius 1 is 1.24 bits per heavy atom. The molecular weight excluding hydrogens is 422 g/mol. The van der Waals surface area contributed by atoms with Gasteiger partial charge in [0.2, 0.25) is 12.7 Å². The first-order valence-electron chi connectivity index (χ1n) is 12.1. The fourth-order valence-electron chi connectivity index (χ4n) is 6.03. The van der Waals surface area contributed by atoms with Gasteiger partial charge in [-0.25, -0.2) is 0 Å². The highest BCUT2D eigenvalue weighted by atomic mass is 16.7. The SMILES string of the molecule is O=C(NCc1ccc2c(c1)OCO2)[C@H]1CN2CC[C@H]1C[C@@H]2Cn1cc(C2(O)CCCC2)nn1. The maximum Gasteiger partial charge on any atom is 0.231 e. The van der Waals surface area contributed by atoms with E-state index in [4.69, 9.17) is 9.47 Å². The summed E-state index contributed by atoms with van der Waals surface area (Å²) in [7, 11) is 0. The van der Waals surface area contributed by atoms with E-state index in [2.05, 4.69) is 20.5 Å². The number of amides is 1. The maximum absolute atomic E-state index is 13.0. The van der Waals surface area contributed by atoms with E-state index in [1.165, 1.54) is 0 Å². The molecule has 1 aromatic heterocycles. The van der Waals surface area contributed by atoms with E-state index >= 15 is 0 Å². The average Bonchev–Trinajstić information content (AvgIpc) is 3.59. The number of benzene rings is 1. The number of nitrogens with one attached hydrogen (secondary N) is 1. The van der Waals surface area contributed by atoms with Crippen LogP contribution in [0.4, 0.5) is 0 Å².